The van der Waals surface area contributed by atoms with E-state index in [2.05, 4.69) is 0 Å². The standard InChI is InChI=1S/C10H14O2/c1-8(12)10-5-3-2-4-9(10)6-7-11/h5,7,9H,2-4,6H2,1H3. The van der Waals surface area contributed by atoms with Gasteiger partial charge in [0.2, 0.25) is 0 Å². The molecule has 0 radical (unpaired) electrons. The van der Waals surface area contributed by atoms with E-state index in [4.69, 9.17) is 0 Å². The predicted molar refractivity (Wildman–Crippen MR) is 46.8 cm³/mol. The SMILES string of the molecule is CC(=O)C1=CCCCC1CC=O. The number of carbonyl (C=O) groups excluding carboxylic acids is 2. The number of ketones is 1. The van der Waals surface area contributed by atoms with Crippen LogP contribution in [0.2, 0.25) is 0 Å². The molecule has 0 spiro atoms. The summed E-state index contributed by atoms with van der Waals surface area (Å²) in [6.07, 6.45) is 6.49. The van der Waals surface area contributed by atoms with Gasteiger partial charge in [0.1, 0.15) is 6.29 Å². The van der Waals surface area contributed by atoms with Crippen LogP contribution >= 0.6 is 0 Å². The summed E-state index contributed by atoms with van der Waals surface area (Å²) in [5, 5.41) is 0. The first-order chi connectivity index (χ1) is 5.75. The lowest BCUT2D eigenvalue weighted by Crippen LogP contribution is -2.14. The molecule has 0 N–H and O–H groups in total. The van der Waals surface area contributed by atoms with Gasteiger partial charge in [0.25, 0.3) is 0 Å². The molecule has 0 aromatic rings. The molecule has 0 fully saturated rings. The quantitative estimate of drug-likeness (QED) is 0.600. The molecular formula is C10H14O2. The molecule has 0 bridgehead atoms. The average molecular weight is 166 g/mol. The Morgan fingerprint density at radius 1 is 1.75 bits per heavy atom. The van der Waals surface area contributed by atoms with Crippen LogP contribution in [-0.2, 0) is 9.59 Å². The molecule has 12 heavy (non-hydrogen) atoms. The van der Waals surface area contributed by atoms with Gasteiger partial charge in [-0.3, -0.25) is 4.79 Å². The van der Waals surface area contributed by atoms with Gasteiger partial charge in [-0.1, -0.05) is 6.08 Å². The Labute approximate surface area is 72.7 Å². The average Bonchev–Trinajstić information content (AvgIpc) is 2.05. The molecule has 1 aliphatic rings. The number of hydrogen-bond donors (Lipinski definition) is 0. The second-order valence-corrected chi connectivity index (χ2v) is 3.25. The highest BCUT2D eigenvalue weighted by Gasteiger charge is 2.19. The van der Waals surface area contributed by atoms with Crippen molar-refractivity contribution in [3.8, 4) is 0 Å². The van der Waals surface area contributed by atoms with Gasteiger partial charge < -0.3 is 4.79 Å². The maximum atomic E-state index is 11.1. The van der Waals surface area contributed by atoms with Crippen molar-refractivity contribution in [2.45, 2.75) is 32.6 Å². The number of allylic oxidation sites excluding steroid dienone is 2. The Hall–Kier alpha value is -0.920. The van der Waals surface area contributed by atoms with Crippen LogP contribution in [-0.4, -0.2) is 12.1 Å². The van der Waals surface area contributed by atoms with Crippen molar-refractivity contribution in [2.75, 3.05) is 0 Å². The Kier molecular flexibility index (Phi) is 3.20. The number of carbonyl (C=O) groups is 2. The zero-order valence-corrected chi connectivity index (χ0v) is 7.38. The van der Waals surface area contributed by atoms with Gasteiger partial charge in [-0.2, -0.15) is 0 Å². The molecule has 66 valence electrons. The molecule has 1 rings (SSSR count). The van der Waals surface area contributed by atoms with Gasteiger partial charge in [0.05, 0.1) is 0 Å². The van der Waals surface area contributed by atoms with E-state index in [1.165, 1.54) is 0 Å². The minimum atomic E-state index is 0.126. The largest absolute Gasteiger partial charge is 0.303 e. The Morgan fingerprint density at radius 2 is 2.50 bits per heavy atom. The second kappa shape index (κ2) is 4.19. The van der Waals surface area contributed by atoms with E-state index in [0.717, 1.165) is 31.1 Å². The van der Waals surface area contributed by atoms with Crippen LogP contribution in [0, 0.1) is 5.92 Å². The normalized spacial score (nSPS) is 23.1. The molecule has 0 aromatic heterocycles. The molecule has 0 aromatic carbocycles. The lowest BCUT2D eigenvalue weighted by atomic mass is 9.84. The first-order valence-electron chi connectivity index (χ1n) is 4.40. The van der Waals surface area contributed by atoms with E-state index in [1.807, 2.05) is 6.08 Å². The molecule has 1 aliphatic carbocycles. The third-order valence-electron chi connectivity index (χ3n) is 2.35. The van der Waals surface area contributed by atoms with Crippen molar-refractivity contribution >= 4 is 12.1 Å². The van der Waals surface area contributed by atoms with Crippen LogP contribution in [0.1, 0.15) is 32.6 Å². The highest BCUT2D eigenvalue weighted by atomic mass is 16.1. The summed E-state index contributed by atoms with van der Waals surface area (Å²) in [5.74, 6) is 0.329. The van der Waals surface area contributed by atoms with Crippen LogP contribution in [0.4, 0.5) is 0 Å². The van der Waals surface area contributed by atoms with Crippen LogP contribution in [0.25, 0.3) is 0 Å². The van der Waals surface area contributed by atoms with E-state index < -0.39 is 0 Å². The van der Waals surface area contributed by atoms with Crippen molar-refractivity contribution in [1.29, 1.82) is 0 Å². The number of hydrogen-bond acceptors (Lipinski definition) is 2. The summed E-state index contributed by atoms with van der Waals surface area (Å²) in [7, 11) is 0. The number of rotatable bonds is 3. The zero-order chi connectivity index (χ0) is 8.97. The van der Waals surface area contributed by atoms with E-state index in [9.17, 15) is 9.59 Å². The maximum absolute atomic E-state index is 11.1. The van der Waals surface area contributed by atoms with E-state index in [1.54, 1.807) is 6.92 Å². The van der Waals surface area contributed by atoms with Gasteiger partial charge in [-0.25, -0.2) is 0 Å². The minimum Gasteiger partial charge on any atom is -0.303 e. The summed E-state index contributed by atoms with van der Waals surface area (Å²) < 4.78 is 0. The monoisotopic (exact) mass is 166 g/mol. The fourth-order valence-electron chi connectivity index (χ4n) is 1.74. The molecule has 2 heteroatoms. The first-order valence-corrected chi connectivity index (χ1v) is 4.40. The van der Waals surface area contributed by atoms with E-state index in [-0.39, 0.29) is 11.7 Å². The van der Waals surface area contributed by atoms with Crippen molar-refractivity contribution < 1.29 is 9.59 Å². The Morgan fingerprint density at radius 3 is 3.08 bits per heavy atom. The van der Waals surface area contributed by atoms with Crippen molar-refractivity contribution in [2.24, 2.45) is 5.92 Å². The van der Waals surface area contributed by atoms with Gasteiger partial charge >= 0.3 is 0 Å². The van der Waals surface area contributed by atoms with Gasteiger partial charge in [0.15, 0.2) is 5.78 Å². The second-order valence-electron chi connectivity index (χ2n) is 3.25. The molecular weight excluding hydrogens is 152 g/mol. The van der Waals surface area contributed by atoms with Crippen LogP contribution in [0.3, 0.4) is 0 Å². The summed E-state index contributed by atoms with van der Waals surface area (Å²) >= 11 is 0. The van der Waals surface area contributed by atoms with Crippen molar-refractivity contribution in [3.05, 3.63) is 11.6 Å². The fourth-order valence-corrected chi connectivity index (χ4v) is 1.74. The lowest BCUT2D eigenvalue weighted by Gasteiger charge is -2.20. The van der Waals surface area contributed by atoms with Crippen molar-refractivity contribution in [1.82, 2.24) is 0 Å². The summed E-state index contributed by atoms with van der Waals surface area (Å²) in [6.45, 7) is 1.58. The van der Waals surface area contributed by atoms with E-state index in [0.29, 0.717) is 6.42 Å². The summed E-state index contributed by atoms with van der Waals surface area (Å²) in [4.78, 5) is 21.4. The smallest absolute Gasteiger partial charge is 0.155 e. The maximum Gasteiger partial charge on any atom is 0.155 e. The van der Waals surface area contributed by atoms with Crippen LogP contribution in [0.15, 0.2) is 11.6 Å². The zero-order valence-electron chi connectivity index (χ0n) is 7.38. The summed E-state index contributed by atoms with van der Waals surface area (Å²) in [6, 6.07) is 0. The van der Waals surface area contributed by atoms with Crippen molar-refractivity contribution in [3.63, 3.8) is 0 Å². The van der Waals surface area contributed by atoms with Crippen LogP contribution < -0.4 is 0 Å². The highest BCUT2D eigenvalue weighted by molar-refractivity contribution is 5.94. The predicted octanol–water partition coefficient (Wildman–Crippen LogP) is 1.89. The Bertz CT molecular complexity index is 216. The molecule has 0 saturated carbocycles. The van der Waals surface area contributed by atoms with Gasteiger partial charge in [-0.05, 0) is 37.7 Å². The Balaban J connectivity index is 2.70. The minimum absolute atomic E-state index is 0.126. The molecule has 0 amide bonds. The van der Waals surface area contributed by atoms with Gasteiger partial charge in [-0.15, -0.1) is 0 Å². The molecule has 0 saturated heterocycles. The third-order valence-corrected chi connectivity index (χ3v) is 2.35. The van der Waals surface area contributed by atoms with E-state index >= 15 is 0 Å². The lowest BCUT2D eigenvalue weighted by molar-refractivity contribution is -0.114. The number of Topliss-reactive ketones (excluding diaryl/α,β-unsaturated/α-hetero) is 1. The topological polar surface area (TPSA) is 34.1 Å². The molecule has 0 aliphatic heterocycles. The molecule has 1 atom stereocenters. The highest BCUT2D eigenvalue weighted by Crippen LogP contribution is 2.27. The van der Waals surface area contributed by atoms with Crippen LogP contribution in [0.5, 0.6) is 0 Å². The number of aldehydes is 1. The third kappa shape index (κ3) is 2.03. The van der Waals surface area contributed by atoms with Gasteiger partial charge in [0, 0.05) is 6.42 Å². The molecule has 0 heterocycles. The molecule has 2 nitrogen and oxygen atoms in total. The fraction of sp³-hybridized carbons (Fsp3) is 0.600. The first kappa shape index (κ1) is 9.17. The summed E-state index contributed by atoms with van der Waals surface area (Å²) in [5.41, 5.74) is 0.869. The molecule has 1 unspecified atom stereocenters.